The summed E-state index contributed by atoms with van der Waals surface area (Å²) in [6.07, 6.45) is 4.37. The molecule has 21 heavy (non-hydrogen) atoms. The fraction of sp³-hybridized carbons (Fsp3) is 0.529. The van der Waals surface area contributed by atoms with E-state index in [-0.39, 0.29) is 17.9 Å². The number of hydrogen-bond donors (Lipinski definition) is 1. The largest absolute Gasteiger partial charge is 0.344 e. The molecule has 4 heteroatoms. The third-order valence-electron chi connectivity index (χ3n) is 4.29. The van der Waals surface area contributed by atoms with Gasteiger partial charge in [-0.25, -0.2) is 0 Å². The number of aryl methyl sites for hydroxylation is 1. The summed E-state index contributed by atoms with van der Waals surface area (Å²) in [5.41, 5.74) is 1.21. The lowest BCUT2D eigenvalue weighted by molar-refractivity contribution is -0.133. The molecule has 2 aliphatic rings. The Hall–Kier alpha value is -1.84. The summed E-state index contributed by atoms with van der Waals surface area (Å²) < 4.78 is 0. The van der Waals surface area contributed by atoms with Gasteiger partial charge in [-0.3, -0.25) is 9.59 Å². The van der Waals surface area contributed by atoms with Gasteiger partial charge >= 0.3 is 0 Å². The summed E-state index contributed by atoms with van der Waals surface area (Å²) in [6, 6.07) is 9.75. The summed E-state index contributed by atoms with van der Waals surface area (Å²) in [6.45, 7) is 1.40. The number of benzene rings is 1. The summed E-state index contributed by atoms with van der Waals surface area (Å²) >= 11 is 0. The topological polar surface area (TPSA) is 49.4 Å². The fourth-order valence-electron chi connectivity index (χ4n) is 2.84. The molecular formula is C17H22N2O2. The maximum atomic E-state index is 12.6. The second-order valence-electron chi connectivity index (χ2n) is 6.12. The lowest BCUT2D eigenvalue weighted by atomic mass is 10.0. The van der Waals surface area contributed by atoms with Crippen LogP contribution in [0.5, 0.6) is 0 Å². The highest BCUT2D eigenvalue weighted by Gasteiger charge is 2.33. The van der Waals surface area contributed by atoms with Gasteiger partial charge in [0.1, 0.15) is 6.04 Å². The van der Waals surface area contributed by atoms with E-state index < -0.39 is 0 Å². The molecule has 3 rings (SSSR count). The zero-order valence-corrected chi connectivity index (χ0v) is 12.3. The number of carbonyl (C=O) groups is 2. The van der Waals surface area contributed by atoms with E-state index >= 15 is 0 Å². The van der Waals surface area contributed by atoms with Gasteiger partial charge in [0.25, 0.3) is 0 Å². The molecule has 1 saturated heterocycles. The minimum Gasteiger partial charge on any atom is -0.344 e. The van der Waals surface area contributed by atoms with Crippen LogP contribution in [0, 0.1) is 5.92 Å². The first kappa shape index (κ1) is 14.1. The fourth-order valence-corrected chi connectivity index (χ4v) is 2.84. The molecule has 4 nitrogen and oxygen atoms in total. The average Bonchev–Trinajstić information content (AvgIpc) is 3.32. The maximum absolute atomic E-state index is 12.6. The van der Waals surface area contributed by atoms with Crippen molar-refractivity contribution in [3.8, 4) is 0 Å². The van der Waals surface area contributed by atoms with E-state index in [1.54, 1.807) is 0 Å². The third kappa shape index (κ3) is 3.84. The highest BCUT2D eigenvalue weighted by atomic mass is 16.2. The molecule has 2 amide bonds. The molecule has 0 radical (unpaired) electrons. The van der Waals surface area contributed by atoms with Gasteiger partial charge in [-0.15, -0.1) is 0 Å². The molecule has 1 heterocycles. The number of rotatable bonds is 5. The summed E-state index contributed by atoms with van der Waals surface area (Å²) in [5.74, 6) is 0.764. The lowest BCUT2D eigenvalue weighted by Crippen LogP contribution is -2.45. The summed E-state index contributed by atoms with van der Waals surface area (Å²) in [7, 11) is 0. The lowest BCUT2D eigenvalue weighted by Gasteiger charge is -2.24. The zero-order valence-electron chi connectivity index (χ0n) is 12.3. The van der Waals surface area contributed by atoms with Gasteiger partial charge in [0.15, 0.2) is 0 Å². The van der Waals surface area contributed by atoms with Gasteiger partial charge in [0, 0.05) is 19.5 Å². The number of nitrogens with zero attached hydrogens (tertiary/aromatic N) is 1. The van der Waals surface area contributed by atoms with Crippen LogP contribution in [0.3, 0.4) is 0 Å². The van der Waals surface area contributed by atoms with Gasteiger partial charge in [-0.1, -0.05) is 30.3 Å². The quantitative estimate of drug-likeness (QED) is 0.896. The number of nitrogens with one attached hydrogen (secondary N) is 1. The Labute approximate surface area is 125 Å². The van der Waals surface area contributed by atoms with E-state index in [4.69, 9.17) is 0 Å². The highest BCUT2D eigenvalue weighted by molar-refractivity contribution is 5.89. The van der Waals surface area contributed by atoms with Crippen molar-refractivity contribution in [3.63, 3.8) is 0 Å². The number of amides is 2. The molecule has 1 aromatic rings. The Bertz CT molecular complexity index is 511. The molecule has 112 valence electrons. The minimum absolute atomic E-state index is 0.000270. The van der Waals surface area contributed by atoms with Crippen LogP contribution in [0.15, 0.2) is 30.3 Å². The first-order valence-corrected chi connectivity index (χ1v) is 7.84. The normalized spacial score (nSPS) is 22.9. The highest BCUT2D eigenvalue weighted by Crippen LogP contribution is 2.30. The monoisotopic (exact) mass is 286 g/mol. The minimum atomic E-state index is -0.362. The van der Waals surface area contributed by atoms with Crippen molar-refractivity contribution >= 4 is 11.8 Å². The third-order valence-corrected chi connectivity index (χ3v) is 4.29. The average molecular weight is 286 g/mol. The first-order chi connectivity index (χ1) is 10.2. The molecule has 0 aromatic heterocycles. The SMILES string of the molecule is O=C1CCN(CC2CC2)C(=O)[C@@H](CCc2ccccc2)N1. The maximum Gasteiger partial charge on any atom is 0.245 e. The van der Waals surface area contributed by atoms with Crippen LogP contribution >= 0.6 is 0 Å². The van der Waals surface area contributed by atoms with Crippen LogP contribution < -0.4 is 5.32 Å². The van der Waals surface area contributed by atoms with Crippen LogP contribution in [0.25, 0.3) is 0 Å². The smallest absolute Gasteiger partial charge is 0.245 e. The van der Waals surface area contributed by atoms with Crippen LogP contribution in [-0.2, 0) is 16.0 Å². The second kappa shape index (κ2) is 6.29. The summed E-state index contributed by atoms with van der Waals surface area (Å²) in [4.78, 5) is 26.3. The van der Waals surface area contributed by atoms with Crippen molar-refractivity contribution in [2.45, 2.75) is 38.1 Å². The van der Waals surface area contributed by atoms with Crippen LogP contribution in [0.4, 0.5) is 0 Å². The van der Waals surface area contributed by atoms with E-state index in [9.17, 15) is 9.59 Å². The van der Waals surface area contributed by atoms with Crippen molar-refractivity contribution in [2.75, 3.05) is 13.1 Å². The number of hydrogen-bond acceptors (Lipinski definition) is 2. The Kier molecular flexibility index (Phi) is 4.23. The molecule has 1 aromatic carbocycles. The van der Waals surface area contributed by atoms with Gasteiger partial charge in [0.05, 0.1) is 0 Å². The van der Waals surface area contributed by atoms with Crippen LogP contribution in [0.1, 0.15) is 31.2 Å². The van der Waals surface area contributed by atoms with Crippen molar-refractivity contribution < 1.29 is 9.59 Å². The first-order valence-electron chi connectivity index (χ1n) is 7.84. The van der Waals surface area contributed by atoms with E-state index in [1.807, 2.05) is 23.1 Å². The van der Waals surface area contributed by atoms with Crippen molar-refractivity contribution in [1.82, 2.24) is 10.2 Å². The molecule has 0 bridgehead atoms. The van der Waals surface area contributed by atoms with E-state index in [0.717, 1.165) is 13.0 Å². The molecule has 0 spiro atoms. The standard InChI is InChI=1S/C17H22N2O2/c20-16-10-11-19(12-14-6-7-14)17(21)15(18-16)9-8-13-4-2-1-3-5-13/h1-5,14-15H,6-12H2,(H,18,20)/t15-/m1/s1. The van der Waals surface area contributed by atoms with Gasteiger partial charge in [-0.05, 0) is 37.2 Å². The van der Waals surface area contributed by atoms with Gasteiger partial charge in [-0.2, -0.15) is 0 Å². The second-order valence-corrected chi connectivity index (χ2v) is 6.12. The van der Waals surface area contributed by atoms with Crippen LogP contribution in [0.2, 0.25) is 0 Å². The molecular weight excluding hydrogens is 264 g/mol. The molecule has 1 aliphatic carbocycles. The zero-order chi connectivity index (χ0) is 14.7. The Balaban J connectivity index is 1.62. The number of carbonyl (C=O) groups excluding carboxylic acids is 2. The van der Waals surface area contributed by atoms with Crippen LogP contribution in [-0.4, -0.2) is 35.8 Å². The molecule has 1 saturated carbocycles. The molecule has 2 fully saturated rings. The van der Waals surface area contributed by atoms with Crippen molar-refractivity contribution in [3.05, 3.63) is 35.9 Å². The Morgan fingerprint density at radius 1 is 1.14 bits per heavy atom. The van der Waals surface area contributed by atoms with Gasteiger partial charge < -0.3 is 10.2 Å². The van der Waals surface area contributed by atoms with Gasteiger partial charge in [0.2, 0.25) is 11.8 Å². The van der Waals surface area contributed by atoms with E-state index in [0.29, 0.717) is 25.3 Å². The van der Waals surface area contributed by atoms with E-state index in [2.05, 4.69) is 17.4 Å². The predicted octanol–water partition coefficient (Wildman–Crippen LogP) is 1.75. The molecule has 1 atom stereocenters. The van der Waals surface area contributed by atoms with E-state index in [1.165, 1.54) is 18.4 Å². The Morgan fingerprint density at radius 3 is 2.62 bits per heavy atom. The molecule has 0 unspecified atom stereocenters. The summed E-state index contributed by atoms with van der Waals surface area (Å²) in [5, 5.41) is 2.89. The predicted molar refractivity (Wildman–Crippen MR) is 80.6 cm³/mol. The van der Waals surface area contributed by atoms with Crippen molar-refractivity contribution in [1.29, 1.82) is 0 Å². The Morgan fingerprint density at radius 2 is 1.90 bits per heavy atom. The molecule has 1 aliphatic heterocycles. The molecule has 1 N–H and O–H groups in total. The van der Waals surface area contributed by atoms with Crippen molar-refractivity contribution in [2.24, 2.45) is 5.92 Å².